The monoisotopic (exact) mass is 421 g/mol. The predicted molar refractivity (Wildman–Crippen MR) is 123 cm³/mol. The maximum absolute atomic E-state index is 6.51. The first-order valence-electron chi connectivity index (χ1n) is 11.7. The molecule has 2 fully saturated rings. The fraction of sp³-hybridized carbons (Fsp3) is 0.556. The van der Waals surface area contributed by atoms with E-state index in [1.54, 1.807) is 7.11 Å². The molecule has 0 saturated carbocycles. The number of fused-ring (bicyclic) bond motifs is 1. The number of nitrogens with zero attached hydrogens (tertiary/aromatic N) is 1. The average molecular weight is 422 g/mol. The van der Waals surface area contributed by atoms with Gasteiger partial charge < -0.3 is 19.1 Å². The van der Waals surface area contributed by atoms with Crippen molar-refractivity contribution in [2.45, 2.75) is 45.1 Å². The lowest BCUT2D eigenvalue weighted by atomic mass is 9.89. The fourth-order valence-corrected chi connectivity index (χ4v) is 5.80. The smallest absolute Gasteiger partial charge is 0.161 e. The second-order valence-corrected chi connectivity index (χ2v) is 10.2. The number of hydrogen-bond donors (Lipinski definition) is 0. The summed E-state index contributed by atoms with van der Waals surface area (Å²) in [5.41, 5.74) is 4.49. The highest BCUT2D eigenvalue weighted by Crippen LogP contribution is 2.40. The van der Waals surface area contributed by atoms with Crippen LogP contribution >= 0.6 is 0 Å². The summed E-state index contributed by atoms with van der Waals surface area (Å²) < 4.78 is 17.8. The van der Waals surface area contributed by atoms with Crippen LogP contribution in [0.25, 0.3) is 0 Å². The quantitative estimate of drug-likeness (QED) is 0.676. The lowest BCUT2D eigenvalue weighted by molar-refractivity contribution is 0.130. The molecule has 5 rings (SSSR count). The van der Waals surface area contributed by atoms with E-state index in [0.717, 1.165) is 57.2 Å². The zero-order chi connectivity index (χ0) is 21.4. The van der Waals surface area contributed by atoms with E-state index < -0.39 is 0 Å². The summed E-state index contributed by atoms with van der Waals surface area (Å²) in [7, 11) is 1.73. The first kappa shape index (κ1) is 20.8. The summed E-state index contributed by atoms with van der Waals surface area (Å²) in [5, 5.41) is 0. The van der Waals surface area contributed by atoms with E-state index in [-0.39, 0.29) is 6.10 Å². The van der Waals surface area contributed by atoms with Crippen molar-refractivity contribution in [2.24, 2.45) is 11.3 Å². The first-order chi connectivity index (χ1) is 15.0. The third kappa shape index (κ3) is 4.33. The van der Waals surface area contributed by atoms with Crippen LogP contribution in [0.1, 0.15) is 42.9 Å². The summed E-state index contributed by atoms with van der Waals surface area (Å²) in [4.78, 5) is 2.64. The largest absolute Gasteiger partial charge is 0.493 e. The van der Waals surface area contributed by atoms with Gasteiger partial charge in [-0.2, -0.15) is 0 Å². The topological polar surface area (TPSA) is 30.9 Å². The first-order valence-corrected chi connectivity index (χ1v) is 11.7. The maximum Gasteiger partial charge on any atom is 0.161 e. The van der Waals surface area contributed by atoms with E-state index in [9.17, 15) is 0 Å². The molecular weight excluding hydrogens is 386 g/mol. The van der Waals surface area contributed by atoms with Gasteiger partial charge in [0, 0.05) is 50.4 Å². The maximum atomic E-state index is 6.51. The Morgan fingerprint density at radius 2 is 1.84 bits per heavy atom. The van der Waals surface area contributed by atoms with Gasteiger partial charge >= 0.3 is 0 Å². The number of likely N-dealkylation sites (tertiary alicyclic amines) is 1. The van der Waals surface area contributed by atoms with Gasteiger partial charge in [0.05, 0.1) is 13.7 Å². The second kappa shape index (κ2) is 8.48. The molecule has 1 aliphatic carbocycles. The van der Waals surface area contributed by atoms with Crippen LogP contribution in [0.3, 0.4) is 0 Å². The molecule has 0 radical (unpaired) electrons. The van der Waals surface area contributed by atoms with Crippen molar-refractivity contribution in [1.82, 2.24) is 4.90 Å². The fourth-order valence-electron chi connectivity index (χ4n) is 5.80. The van der Waals surface area contributed by atoms with Crippen molar-refractivity contribution < 1.29 is 14.2 Å². The Kier molecular flexibility index (Phi) is 5.70. The minimum Gasteiger partial charge on any atom is -0.493 e. The summed E-state index contributed by atoms with van der Waals surface area (Å²) in [6.07, 6.45) is 3.30. The van der Waals surface area contributed by atoms with E-state index in [1.807, 2.05) is 0 Å². The zero-order valence-corrected chi connectivity index (χ0v) is 19.1. The minimum absolute atomic E-state index is 0.182. The van der Waals surface area contributed by atoms with Crippen molar-refractivity contribution >= 4 is 0 Å². The molecule has 4 heteroatoms. The normalized spacial score (nSPS) is 28.7. The number of rotatable bonds is 6. The molecule has 3 aliphatic rings. The van der Waals surface area contributed by atoms with Crippen molar-refractivity contribution in [1.29, 1.82) is 0 Å². The highest BCUT2D eigenvalue weighted by Gasteiger charge is 2.37. The SMILES string of the molecule is COc1ccc([C@@H]2CN(CC3(C)CCOC3)C[C@@H]2C)cc1OC1Cc2ccccc2C1. The molecular formula is C27H35NO3. The summed E-state index contributed by atoms with van der Waals surface area (Å²) in [5.74, 6) is 2.88. The van der Waals surface area contributed by atoms with Gasteiger partial charge in [0.15, 0.2) is 11.5 Å². The third-order valence-electron chi connectivity index (χ3n) is 7.52. The highest BCUT2D eigenvalue weighted by atomic mass is 16.5. The van der Waals surface area contributed by atoms with Gasteiger partial charge in [0.25, 0.3) is 0 Å². The van der Waals surface area contributed by atoms with E-state index in [2.05, 4.69) is 61.2 Å². The molecule has 4 nitrogen and oxygen atoms in total. The Morgan fingerprint density at radius 1 is 1.06 bits per heavy atom. The standard InChI is InChI=1S/C27H35NO3/c1-19-15-28(17-27(2)10-11-30-18-27)16-24(19)22-8-9-25(29-3)26(14-22)31-23-12-20-6-4-5-7-21(20)13-23/h4-9,14,19,23-24H,10-13,15-18H2,1-3H3/t19-,24+,27?/m0/s1. The van der Waals surface area contributed by atoms with Crippen LogP contribution in [0.5, 0.6) is 11.5 Å². The Morgan fingerprint density at radius 3 is 2.52 bits per heavy atom. The van der Waals surface area contributed by atoms with E-state index in [0.29, 0.717) is 17.3 Å². The Labute approximate surface area is 186 Å². The van der Waals surface area contributed by atoms with Crippen LogP contribution in [0.15, 0.2) is 42.5 Å². The second-order valence-electron chi connectivity index (χ2n) is 10.2. The third-order valence-corrected chi connectivity index (χ3v) is 7.52. The number of benzene rings is 2. The van der Waals surface area contributed by atoms with E-state index >= 15 is 0 Å². The molecule has 2 aliphatic heterocycles. The van der Waals surface area contributed by atoms with Crippen LogP contribution in [-0.4, -0.2) is 51.0 Å². The Hall–Kier alpha value is -2.04. The number of methoxy groups -OCH3 is 1. The molecule has 1 unspecified atom stereocenters. The van der Waals surface area contributed by atoms with E-state index in [1.165, 1.54) is 23.1 Å². The van der Waals surface area contributed by atoms with Gasteiger partial charge in [0.1, 0.15) is 6.10 Å². The lowest BCUT2D eigenvalue weighted by Gasteiger charge is -2.28. The number of ether oxygens (including phenoxy) is 3. The predicted octanol–water partition coefficient (Wildman–Crippen LogP) is 4.70. The van der Waals surface area contributed by atoms with Crippen LogP contribution in [0.4, 0.5) is 0 Å². The molecule has 31 heavy (non-hydrogen) atoms. The Bertz CT molecular complexity index is 895. The van der Waals surface area contributed by atoms with Crippen LogP contribution in [-0.2, 0) is 17.6 Å². The zero-order valence-electron chi connectivity index (χ0n) is 19.1. The summed E-state index contributed by atoms with van der Waals surface area (Å²) in [6, 6.07) is 15.2. The Balaban J connectivity index is 1.30. The van der Waals surface area contributed by atoms with Crippen LogP contribution < -0.4 is 9.47 Å². The lowest BCUT2D eigenvalue weighted by Crippen LogP contribution is -2.35. The van der Waals surface area contributed by atoms with Crippen molar-refractivity contribution in [3.8, 4) is 11.5 Å². The highest BCUT2D eigenvalue weighted by molar-refractivity contribution is 5.45. The molecule has 3 atom stereocenters. The minimum atomic E-state index is 0.182. The van der Waals surface area contributed by atoms with Gasteiger partial charge in [-0.3, -0.25) is 0 Å². The van der Waals surface area contributed by atoms with Crippen LogP contribution in [0, 0.1) is 11.3 Å². The van der Waals surface area contributed by atoms with Crippen molar-refractivity contribution in [2.75, 3.05) is 40.0 Å². The molecule has 166 valence electrons. The molecule has 2 aromatic rings. The van der Waals surface area contributed by atoms with Gasteiger partial charge in [-0.1, -0.05) is 44.2 Å². The molecule has 0 N–H and O–H groups in total. The summed E-state index contributed by atoms with van der Waals surface area (Å²) in [6.45, 7) is 9.96. The molecule has 2 heterocycles. The van der Waals surface area contributed by atoms with Gasteiger partial charge in [-0.05, 0) is 41.2 Å². The molecule has 0 aromatic heterocycles. The van der Waals surface area contributed by atoms with Gasteiger partial charge in [0.2, 0.25) is 0 Å². The van der Waals surface area contributed by atoms with Gasteiger partial charge in [-0.15, -0.1) is 0 Å². The molecule has 0 bridgehead atoms. The van der Waals surface area contributed by atoms with E-state index in [4.69, 9.17) is 14.2 Å². The molecule has 0 amide bonds. The van der Waals surface area contributed by atoms with Crippen molar-refractivity contribution in [3.63, 3.8) is 0 Å². The molecule has 0 spiro atoms. The van der Waals surface area contributed by atoms with Crippen LogP contribution in [0.2, 0.25) is 0 Å². The molecule has 2 saturated heterocycles. The summed E-state index contributed by atoms with van der Waals surface area (Å²) >= 11 is 0. The van der Waals surface area contributed by atoms with Crippen molar-refractivity contribution in [3.05, 3.63) is 59.2 Å². The average Bonchev–Trinajstić information content (AvgIpc) is 3.46. The number of hydrogen-bond acceptors (Lipinski definition) is 4. The van der Waals surface area contributed by atoms with Gasteiger partial charge in [-0.25, -0.2) is 0 Å². The molecule has 2 aromatic carbocycles.